The van der Waals surface area contributed by atoms with Gasteiger partial charge < -0.3 is 14.8 Å². The standard InChI is InChI=1S/C21H23NO3/c1-21(2,20(23)24)25-18-12-10-15(11-13-18)6-5-8-17-14-16-7-3-4-9-19(16)22-17/h3-4,7,9-14,22H,5-6,8H2,1-2H3,(H,23,24). The van der Waals surface area contributed by atoms with Crippen molar-refractivity contribution in [2.75, 3.05) is 0 Å². The molecule has 0 aliphatic carbocycles. The third-order valence-corrected chi connectivity index (χ3v) is 4.31. The number of aliphatic carboxylic acids is 1. The van der Waals surface area contributed by atoms with Crippen molar-refractivity contribution >= 4 is 16.9 Å². The number of aryl methyl sites for hydroxylation is 2. The minimum absolute atomic E-state index is 0.576. The number of carboxylic acids is 1. The van der Waals surface area contributed by atoms with E-state index < -0.39 is 11.6 Å². The number of rotatable bonds is 7. The number of ether oxygens (including phenoxy) is 1. The van der Waals surface area contributed by atoms with E-state index >= 15 is 0 Å². The molecule has 3 aromatic rings. The highest BCUT2D eigenvalue weighted by molar-refractivity contribution is 5.80. The van der Waals surface area contributed by atoms with E-state index in [2.05, 4.69) is 29.2 Å². The summed E-state index contributed by atoms with van der Waals surface area (Å²) < 4.78 is 5.52. The molecule has 0 fully saturated rings. The van der Waals surface area contributed by atoms with Crippen LogP contribution in [0.3, 0.4) is 0 Å². The topological polar surface area (TPSA) is 62.3 Å². The number of aromatic nitrogens is 1. The molecule has 1 aromatic heterocycles. The van der Waals surface area contributed by atoms with Gasteiger partial charge in [0.2, 0.25) is 0 Å². The first kappa shape index (κ1) is 17.1. The summed E-state index contributed by atoms with van der Waals surface area (Å²) in [5, 5.41) is 10.4. The highest BCUT2D eigenvalue weighted by Crippen LogP contribution is 2.21. The Hall–Kier alpha value is -2.75. The number of nitrogens with one attached hydrogen (secondary N) is 1. The van der Waals surface area contributed by atoms with Gasteiger partial charge in [-0.2, -0.15) is 0 Å². The van der Waals surface area contributed by atoms with Gasteiger partial charge in [-0.05, 0) is 68.3 Å². The summed E-state index contributed by atoms with van der Waals surface area (Å²) in [6.07, 6.45) is 3.02. The van der Waals surface area contributed by atoms with Gasteiger partial charge in [0, 0.05) is 11.2 Å². The minimum atomic E-state index is -1.23. The average molecular weight is 337 g/mol. The van der Waals surface area contributed by atoms with Crippen molar-refractivity contribution in [3.05, 3.63) is 65.9 Å². The fraction of sp³-hybridized carbons (Fsp3) is 0.286. The van der Waals surface area contributed by atoms with Crippen LogP contribution in [0, 0.1) is 0 Å². The van der Waals surface area contributed by atoms with Crippen LogP contribution in [0.15, 0.2) is 54.6 Å². The highest BCUT2D eigenvalue weighted by Gasteiger charge is 2.29. The smallest absolute Gasteiger partial charge is 0.347 e. The molecule has 0 radical (unpaired) electrons. The Bertz CT molecular complexity index is 829. The van der Waals surface area contributed by atoms with Gasteiger partial charge in [-0.1, -0.05) is 30.3 Å². The maximum Gasteiger partial charge on any atom is 0.347 e. The molecule has 2 N–H and O–H groups in total. The van der Waals surface area contributed by atoms with Gasteiger partial charge in [0.15, 0.2) is 5.60 Å². The fourth-order valence-corrected chi connectivity index (χ4v) is 2.81. The number of carbonyl (C=O) groups is 1. The van der Waals surface area contributed by atoms with Crippen LogP contribution in [0.1, 0.15) is 31.5 Å². The Balaban J connectivity index is 1.54. The number of benzene rings is 2. The van der Waals surface area contributed by atoms with Crippen LogP contribution in [0.5, 0.6) is 5.75 Å². The van der Waals surface area contributed by atoms with Gasteiger partial charge in [-0.3, -0.25) is 0 Å². The minimum Gasteiger partial charge on any atom is -0.478 e. The predicted octanol–water partition coefficient (Wildman–Crippen LogP) is 4.59. The molecule has 0 bridgehead atoms. The van der Waals surface area contributed by atoms with Crippen LogP contribution in [0.4, 0.5) is 0 Å². The Labute approximate surface area is 147 Å². The van der Waals surface area contributed by atoms with E-state index in [9.17, 15) is 4.79 Å². The van der Waals surface area contributed by atoms with Gasteiger partial charge in [0.1, 0.15) is 5.75 Å². The summed E-state index contributed by atoms with van der Waals surface area (Å²) >= 11 is 0. The largest absolute Gasteiger partial charge is 0.478 e. The van der Waals surface area contributed by atoms with Crippen molar-refractivity contribution in [2.24, 2.45) is 0 Å². The molecule has 0 spiro atoms. The van der Waals surface area contributed by atoms with Crippen molar-refractivity contribution in [3.8, 4) is 5.75 Å². The number of hydrogen-bond donors (Lipinski definition) is 2. The van der Waals surface area contributed by atoms with E-state index in [1.54, 1.807) is 13.8 Å². The van der Waals surface area contributed by atoms with Gasteiger partial charge in [-0.15, -0.1) is 0 Å². The first-order chi connectivity index (χ1) is 11.9. The third-order valence-electron chi connectivity index (χ3n) is 4.31. The Morgan fingerprint density at radius 1 is 1.08 bits per heavy atom. The summed E-state index contributed by atoms with van der Waals surface area (Å²) in [6, 6.07) is 18.2. The number of carboxylic acid groups (broad SMARTS) is 1. The molecule has 1 heterocycles. The molecule has 25 heavy (non-hydrogen) atoms. The van der Waals surface area contributed by atoms with Crippen molar-refractivity contribution in [3.63, 3.8) is 0 Å². The predicted molar refractivity (Wildman–Crippen MR) is 99.1 cm³/mol. The fourth-order valence-electron chi connectivity index (χ4n) is 2.81. The van der Waals surface area contributed by atoms with Crippen molar-refractivity contribution in [1.82, 2.24) is 4.98 Å². The van der Waals surface area contributed by atoms with Crippen molar-refractivity contribution in [2.45, 2.75) is 38.7 Å². The lowest BCUT2D eigenvalue weighted by atomic mass is 10.1. The zero-order chi connectivity index (χ0) is 17.9. The molecule has 3 rings (SSSR count). The first-order valence-electron chi connectivity index (χ1n) is 8.52. The quantitative estimate of drug-likeness (QED) is 0.663. The molecule has 0 saturated heterocycles. The van der Waals surface area contributed by atoms with Gasteiger partial charge in [-0.25, -0.2) is 4.79 Å². The molecule has 4 nitrogen and oxygen atoms in total. The highest BCUT2D eigenvalue weighted by atomic mass is 16.5. The molecule has 0 aliphatic heterocycles. The SMILES string of the molecule is CC(C)(Oc1ccc(CCCc2cc3ccccc3[nH]2)cc1)C(=O)O. The zero-order valence-corrected chi connectivity index (χ0v) is 14.6. The van der Waals surface area contributed by atoms with E-state index in [1.165, 1.54) is 22.2 Å². The number of H-pyrrole nitrogens is 1. The number of aromatic amines is 1. The molecular weight excluding hydrogens is 314 g/mol. The van der Waals surface area contributed by atoms with E-state index in [1.807, 2.05) is 30.3 Å². The van der Waals surface area contributed by atoms with E-state index in [-0.39, 0.29) is 0 Å². The molecule has 0 saturated carbocycles. The van der Waals surface area contributed by atoms with Crippen molar-refractivity contribution < 1.29 is 14.6 Å². The van der Waals surface area contributed by atoms with Crippen LogP contribution in [-0.4, -0.2) is 21.7 Å². The molecule has 0 atom stereocenters. The van der Waals surface area contributed by atoms with Gasteiger partial charge in [0.25, 0.3) is 0 Å². The Kier molecular flexibility index (Phi) is 4.79. The van der Waals surface area contributed by atoms with E-state index in [4.69, 9.17) is 9.84 Å². The molecule has 0 amide bonds. The van der Waals surface area contributed by atoms with E-state index in [0.29, 0.717) is 5.75 Å². The monoisotopic (exact) mass is 337 g/mol. The maximum absolute atomic E-state index is 11.1. The molecule has 2 aromatic carbocycles. The zero-order valence-electron chi connectivity index (χ0n) is 14.6. The van der Waals surface area contributed by atoms with Gasteiger partial charge >= 0.3 is 5.97 Å². The van der Waals surface area contributed by atoms with Gasteiger partial charge in [0.05, 0.1) is 0 Å². The Morgan fingerprint density at radius 3 is 2.48 bits per heavy atom. The summed E-state index contributed by atoms with van der Waals surface area (Å²) in [4.78, 5) is 14.6. The van der Waals surface area contributed by atoms with Crippen LogP contribution >= 0.6 is 0 Å². The lowest BCUT2D eigenvalue weighted by molar-refractivity contribution is -0.152. The second-order valence-corrected chi connectivity index (χ2v) is 6.80. The maximum atomic E-state index is 11.1. The summed E-state index contributed by atoms with van der Waals surface area (Å²) in [5.74, 6) is -0.401. The summed E-state index contributed by atoms with van der Waals surface area (Å²) in [5.41, 5.74) is 2.43. The first-order valence-corrected chi connectivity index (χ1v) is 8.52. The normalized spacial score (nSPS) is 11.6. The third kappa shape index (κ3) is 4.21. The van der Waals surface area contributed by atoms with Crippen LogP contribution in [0.25, 0.3) is 10.9 Å². The number of hydrogen-bond acceptors (Lipinski definition) is 2. The number of fused-ring (bicyclic) bond motifs is 1. The second kappa shape index (κ2) is 7.01. The molecule has 4 heteroatoms. The molecule has 130 valence electrons. The summed E-state index contributed by atoms with van der Waals surface area (Å²) in [7, 11) is 0. The molecular formula is C21H23NO3. The second-order valence-electron chi connectivity index (χ2n) is 6.80. The summed E-state index contributed by atoms with van der Waals surface area (Å²) in [6.45, 7) is 3.09. The van der Waals surface area contributed by atoms with Crippen LogP contribution in [-0.2, 0) is 17.6 Å². The van der Waals surface area contributed by atoms with Crippen LogP contribution in [0.2, 0.25) is 0 Å². The number of para-hydroxylation sites is 1. The van der Waals surface area contributed by atoms with Crippen molar-refractivity contribution in [1.29, 1.82) is 0 Å². The van der Waals surface area contributed by atoms with Crippen LogP contribution < -0.4 is 4.74 Å². The Morgan fingerprint density at radius 2 is 1.80 bits per heavy atom. The average Bonchev–Trinajstić information content (AvgIpc) is 2.99. The molecule has 0 unspecified atom stereocenters. The lowest BCUT2D eigenvalue weighted by Gasteiger charge is -2.21. The van der Waals surface area contributed by atoms with E-state index in [0.717, 1.165) is 19.3 Å². The lowest BCUT2D eigenvalue weighted by Crippen LogP contribution is -2.37. The molecule has 0 aliphatic rings.